The summed E-state index contributed by atoms with van der Waals surface area (Å²) in [5.41, 5.74) is 1.91. The summed E-state index contributed by atoms with van der Waals surface area (Å²) in [4.78, 5) is 5.43. The third kappa shape index (κ3) is 5.43. The van der Waals surface area contributed by atoms with Gasteiger partial charge in [0, 0.05) is 6.20 Å². The zero-order valence-electron chi connectivity index (χ0n) is 11.9. The van der Waals surface area contributed by atoms with Crippen LogP contribution in [0.5, 0.6) is 0 Å². The van der Waals surface area contributed by atoms with Crippen molar-refractivity contribution in [2.45, 2.75) is 27.7 Å². The summed E-state index contributed by atoms with van der Waals surface area (Å²) in [7, 11) is 0. The second-order valence-electron chi connectivity index (χ2n) is 4.70. The number of nitrogens with zero attached hydrogens (tertiary/aromatic N) is 1. The zero-order chi connectivity index (χ0) is 14.4. The standard InChI is InChI=1S/C16H20FNS/c1-11(2)16(10-18-13(5)19-12(3)4)14-7-6-8-15(17)9-14/h6-11H,3H2,1-2,4-5H3/b16-10+,18-13?. The Labute approximate surface area is 119 Å². The highest BCUT2D eigenvalue weighted by molar-refractivity contribution is 8.17. The van der Waals surface area contributed by atoms with Gasteiger partial charge < -0.3 is 0 Å². The lowest BCUT2D eigenvalue weighted by molar-refractivity contribution is 0.627. The maximum atomic E-state index is 13.3. The summed E-state index contributed by atoms with van der Waals surface area (Å²) in [5, 5.41) is 0.932. The number of allylic oxidation sites excluding steroid dienone is 2. The maximum Gasteiger partial charge on any atom is 0.123 e. The van der Waals surface area contributed by atoms with Crippen LogP contribution in [-0.2, 0) is 0 Å². The van der Waals surface area contributed by atoms with E-state index in [1.807, 2.05) is 26.1 Å². The molecule has 0 spiro atoms. The fourth-order valence-electron chi connectivity index (χ4n) is 1.66. The van der Waals surface area contributed by atoms with Crippen molar-refractivity contribution in [2.75, 3.05) is 0 Å². The largest absolute Gasteiger partial charge is 0.254 e. The fourth-order valence-corrected chi connectivity index (χ4v) is 2.27. The molecule has 0 aliphatic carbocycles. The van der Waals surface area contributed by atoms with Crippen molar-refractivity contribution in [3.8, 4) is 0 Å². The van der Waals surface area contributed by atoms with Crippen LogP contribution in [0.15, 0.2) is 46.9 Å². The summed E-state index contributed by atoms with van der Waals surface area (Å²) in [6.45, 7) is 11.9. The van der Waals surface area contributed by atoms with Crippen molar-refractivity contribution in [3.63, 3.8) is 0 Å². The average Bonchev–Trinajstić information content (AvgIpc) is 2.27. The van der Waals surface area contributed by atoms with Crippen molar-refractivity contribution in [1.82, 2.24) is 0 Å². The smallest absolute Gasteiger partial charge is 0.123 e. The van der Waals surface area contributed by atoms with E-state index < -0.39 is 0 Å². The van der Waals surface area contributed by atoms with Gasteiger partial charge in [-0.1, -0.05) is 44.3 Å². The molecule has 0 aromatic heterocycles. The van der Waals surface area contributed by atoms with Crippen molar-refractivity contribution in [2.24, 2.45) is 10.9 Å². The van der Waals surface area contributed by atoms with Gasteiger partial charge in [0.05, 0.1) is 5.04 Å². The highest BCUT2D eigenvalue weighted by atomic mass is 32.2. The molecule has 0 aliphatic heterocycles. The highest BCUT2D eigenvalue weighted by Gasteiger charge is 2.07. The Morgan fingerprint density at radius 3 is 2.58 bits per heavy atom. The third-order valence-corrected chi connectivity index (χ3v) is 3.24. The van der Waals surface area contributed by atoms with Crippen molar-refractivity contribution in [1.29, 1.82) is 0 Å². The lowest BCUT2D eigenvalue weighted by Crippen LogP contribution is -1.94. The van der Waals surface area contributed by atoms with Crippen LogP contribution in [0.3, 0.4) is 0 Å². The summed E-state index contributed by atoms with van der Waals surface area (Å²) >= 11 is 1.54. The van der Waals surface area contributed by atoms with Gasteiger partial charge in [-0.3, -0.25) is 4.99 Å². The second kappa shape index (κ2) is 7.29. The summed E-state index contributed by atoms with van der Waals surface area (Å²) in [6.07, 6.45) is 1.82. The Balaban J connectivity index is 3.05. The molecular formula is C16H20FNS. The van der Waals surface area contributed by atoms with Gasteiger partial charge in [-0.05, 0) is 47.9 Å². The fraction of sp³-hybridized carbons (Fsp3) is 0.312. The third-order valence-electron chi connectivity index (χ3n) is 2.49. The minimum absolute atomic E-state index is 0.221. The number of aliphatic imine (C=N–C) groups is 1. The van der Waals surface area contributed by atoms with Crippen LogP contribution in [0.25, 0.3) is 5.57 Å². The Kier molecular flexibility index (Phi) is 6.03. The molecule has 0 aliphatic rings. The number of benzene rings is 1. The van der Waals surface area contributed by atoms with E-state index >= 15 is 0 Å². The highest BCUT2D eigenvalue weighted by Crippen LogP contribution is 2.24. The van der Waals surface area contributed by atoms with Crippen molar-refractivity contribution in [3.05, 3.63) is 53.3 Å². The van der Waals surface area contributed by atoms with Crippen molar-refractivity contribution >= 4 is 22.4 Å². The van der Waals surface area contributed by atoms with E-state index in [4.69, 9.17) is 0 Å². The van der Waals surface area contributed by atoms with Gasteiger partial charge in [-0.15, -0.1) is 0 Å². The van der Waals surface area contributed by atoms with Gasteiger partial charge in [0.15, 0.2) is 0 Å². The molecule has 0 amide bonds. The van der Waals surface area contributed by atoms with E-state index in [1.165, 1.54) is 6.07 Å². The summed E-state index contributed by atoms with van der Waals surface area (Å²) in [5.74, 6) is 0.0641. The molecular weight excluding hydrogens is 257 g/mol. The van der Waals surface area contributed by atoms with Crippen molar-refractivity contribution < 1.29 is 4.39 Å². The Bertz CT molecular complexity index is 515. The van der Waals surface area contributed by atoms with Crippen LogP contribution < -0.4 is 0 Å². The molecule has 1 nitrogen and oxygen atoms in total. The number of hydrogen-bond donors (Lipinski definition) is 0. The quantitative estimate of drug-likeness (QED) is 0.522. The van der Waals surface area contributed by atoms with Crippen LogP contribution >= 0.6 is 11.8 Å². The van der Waals surface area contributed by atoms with E-state index in [1.54, 1.807) is 23.9 Å². The number of rotatable bonds is 4. The molecule has 1 rings (SSSR count). The van der Waals surface area contributed by atoms with Gasteiger partial charge in [0.1, 0.15) is 5.82 Å². The van der Waals surface area contributed by atoms with E-state index in [0.717, 1.165) is 21.1 Å². The molecule has 0 saturated carbocycles. The van der Waals surface area contributed by atoms with Gasteiger partial charge >= 0.3 is 0 Å². The van der Waals surface area contributed by atoms with E-state index in [-0.39, 0.29) is 11.7 Å². The van der Waals surface area contributed by atoms with E-state index in [2.05, 4.69) is 25.4 Å². The zero-order valence-corrected chi connectivity index (χ0v) is 12.7. The maximum absolute atomic E-state index is 13.3. The monoisotopic (exact) mass is 277 g/mol. The lowest BCUT2D eigenvalue weighted by atomic mass is 9.96. The molecule has 0 saturated heterocycles. The molecule has 0 radical (unpaired) electrons. The second-order valence-corrected chi connectivity index (χ2v) is 6.19. The number of halogens is 1. The number of hydrogen-bond acceptors (Lipinski definition) is 2. The first kappa shape index (κ1) is 15.7. The minimum atomic E-state index is -0.221. The lowest BCUT2D eigenvalue weighted by Gasteiger charge is -2.11. The molecule has 102 valence electrons. The van der Waals surface area contributed by atoms with Crippen LogP contribution in [0.2, 0.25) is 0 Å². The number of thioether (sulfide) groups is 1. The van der Waals surface area contributed by atoms with E-state index in [0.29, 0.717) is 0 Å². The van der Waals surface area contributed by atoms with Gasteiger partial charge in [0.25, 0.3) is 0 Å². The molecule has 1 aromatic carbocycles. The molecule has 19 heavy (non-hydrogen) atoms. The predicted octanol–water partition coefficient (Wildman–Crippen LogP) is 5.51. The molecule has 0 bridgehead atoms. The minimum Gasteiger partial charge on any atom is -0.254 e. The Hall–Kier alpha value is -1.35. The summed E-state index contributed by atoms with van der Waals surface area (Å²) < 4.78 is 13.3. The first-order valence-electron chi connectivity index (χ1n) is 6.24. The topological polar surface area (TPSA) is 12.4 Å². The molecule has 1 aromatic rings. The summed E-state index contributed by atoms with van der Waals surface area (Å²) in [6, 6.07) is 6.63. The van der Waals surface area contributed by atoms with Crippen LogP contribution in [0.1, 0.15) is 33.3 Å². The van der Waals surface area contributed by atoms with Crippen LogP contribution in [0, 0.1) is 11.7 Å². The SMILES string of the molecule is C=C(C)SC(C)=N/C=C(/c1cccc(F)c1)C(C)C. The molecule has 0 atom stereocenters. The average molecular weight is 277 g/mol. The Morgan fingerprint density at radius 1 is 1.37 bits per heavy atom. The van der Waals surface area contributed by atoms with Gasteiger partial charge in [-0.25, -0.2) is 4.39 Å². The first-order valence-corrected chi connectivity index (χ1v) is 7.05. The normalized spacial score (nSPS) is 12.9. The van der Waals surface area contributed by atoms with Crippen LogP contribution in [-0.4, -0.2) is 5.04 Å². The van der Waals surface area contributed by atoms with Gasteiger partial charge in [0.2, 0.25) is 0 Å². The molecule has 0 unspecified atom stereocenters. The van der Waals surface area contributed by atoms with Crippen LogP contribution in [0.4, 0.5) is 4.39 Å². The molecule has 3 heteroatoms. The van der Waals surface area contributed by atoms with Gasteiger partial charge in [-0.2, -0.15) is 0 Å². The van der Waals surface area contributed by atoms with E-state index in [9.17, 15) is 4.39 Å². The molecule has 0 N–H and O–H groups in total. The molecule has 0 fully saturated rings. The Morgan fingerprint density at radius 2 is 2.05 bits per heavy atom. The predicted molar refractivity (Wildman–Crippen MR) is 84.7 cm³/mol. The molecule has 0 heterocycles. The first-order chi connectivity index (χ1) is 8.90.